The number of nitrogens with one attached hydrogen (secondary N) is 1. The average molecular weight is 156 g/mol. The molecule has 0 aromatic carbocycles. The first-order valence-electron chi connectivity index (χ1n) is 4.65. The van der Waals surface area contributed by atoms with E-state index >= 15 is 0 Å². The summed E-state index contributed by atoms with van der Waals surface area (Å²) in [5.74, 6) is 0. The van der Waals surface area contributed by atoms with Crippen LogP contribution in [0, 0.1) is 5.41 Å². The topological polar surface area (TPSA) is 38.0 Å². The van der Waals surface area contributed by atoms with Gasteiger partial charge in [-0.2, -0.15) is 0 Å². The summed E-state index contributed by atoms with van der Waals surface area (Å²) in [4.78, 5) is 0. The van der Waals surface area contributed by atoms with Gasteiger partial charge in [-0.25, -0.2) is 0 Å². The molecule has 0 aliphatic heterocycles. The summed E-state index contributed by atoms with van der Waals surface area (Å²) in [5, 5.41) is 3.25. The molecule has 66 valence electrons. The van der Waals surface area contributed by atoms with Crippen LogP contribution in [0.5, 0.6) is 0 Å². The summed E-state index contributed by atoms with van der Waals surface area (Å²) in [6.07, 6.45) is 5.13. The van der Waals surface area contributed by atoms with Crippen molar-refractivity contribution in [2.45, 2.75) is 38.6 Å². The molecule has 1 aliphatic carbocycles. The van der Waals surface area contributed by atoms with E-state index in [1.807, 2.05) is 7.05 Å². The van der Waals surface area contributed by atoms with Gasteiger partial charge in [0.1, 0.15) is 0 Å². The van der Waals surface area contributed by atoms with Gasteiger partial charge in [-0.05, 0) is 31.7 Å². The van der Waals surface area contributed by atoms with Crippen molar-refractivity contribution < 1.29 is 0 Å². The summed E-state index contributed by atoms with van der Waals surface area (Å²) in [5.41, 5.74) is 6.51. The monoisotopic (exact) mass is 156 g/mol. The lowest BCUT2D eigenvalue weighted by Crippen LogP contribution is -2.51. The van der Waals surface area contributed by atoms with Crippen LogP contribution in [0.15, 0.2) is 0 Å². The second-order valence-electron chi connectivity index (χ2n) is 3.76. The normalized spacial score (nSPS) is 24.3. The van der Waals surface area contributed by atoms with Crippen LogP contribution in [0.2, 0.25) is 0 Å². The Labute approximate surface area is 69.5 Å². The molecule has 3 N–H and O–H groups in total. The molecule has 1 aliphatic rings. The van der Waals surface area contributed by atoms with Crippen LogP contribution in [-0.2, 0) is 0 Å². The van der Waals surface area contributed by atoms with Crippen molar-refractivity contribution >= 4 is 0 Å². The van der Waals surface area contributed by atoms with Gasteiger partial charge in [-0.15, -0.1) is 0 Å². The third-order valence-electron chi connectivity index (χ3n) is 3.10. The molecule has 2 heteroatoms. The molecular weight excluding hydrogens is 136 g/mol. The molecule has 0 aromatic heterocycles. The van der Waals surface area contributed by atoms with E-state index in [-0.39, 0.29) is 0 Å². The zero-order valence-electron chi connectivity index (χ0n) is 7.69. The standard InChI is InChI=1S/C9H20N2/c1-3-8(10)9(7-11-2)5-4-6-9/h8,11H,3-7,10H2,1-2H3. The molecule has 0 radical (unpaired) electrons. The van der Waals surface area contributed by atoms with Crippen molar-refractivity contribution in [2.24, 2.45) is 11.1 Å². The molecule has 1 unspecified atom stereocenters. The molecule has 1 fully saturated rings. The van der Waals surface area contributed by atoms with E-state index in [2.05, 4.69) is 12.2 Å². The Morgan fingerprint density at radius 2 is 2.18 bits per heavy atom. The van der Waals surface area contributed by atoms with Crippen LogP contribution in [0.25, 0.3) is 0 Å². The minimum absolute atomic E-state index is 0.406. The zero-order chi connectivity index (χ0) is 8.32. The van der Waals surface area contributed by atoms with Crippen LogP contribution in [0.3, 0.4) is 0 Å². The highest BCUT2D eigenvalue weighted by atomic mass is 14.9. The molecule has 1 atom stereocenters. The van der Waals surface area contributed by atoms with Crippen LogP contribution in [0.4, 0.5) is 0 Å². The largest absolute Gasteiger partial charge is 0.327 e. The Bertz CT molecular complexity index is 119. The van der Waals surface area contributed by atoms with Gasteiger partial charge < -0.3 is 11.1 Å². The quantitative estimate of drug-likeness (QED) is 0.640. The molecule has 0 heterocycles. The molecule has 0 bridgehead atoms. The number of hydrogen-bond acceptors (Lipinski definition) is 2. The maximum absolute atomic E-state index is 6.06. The van der Waals surface area contributed by atoms with Crippen molar-refractivity contribution in [1.82, 2.24) is 5.32 Å². The van der Waals surface area contributed by atoms with E-state index in [0.717, 1.165) is 13.0 Å². The highest BCUT2D eigenvalue weighted by Crippen LogP contribution is 2.43. The maximum Gasteiger partial charge on any atom is 0.0105 e. The van der Waals surface area contributed by atoms with Gasteiger partial charge in [-0.3, -0.25) is 0 Å². The predicted octanol–water partition coefficient (Wildman–Crippen LogP) is 1.11. The van der Waals surface area contributed by atoms with E-state index in [4.69, 9.17) is 5.73 Å². The Morgan fingerprint density at radius 3 is 2.45 bits per heavy atom. The molecule has 1 rings (SSSR count). The van der Waals surface area contributed by atoms with Crippen molar-refractivity contribution in [1.29, 1.82) is 0 Å². The Kier molecular flexibility index (Phi) is 2.90. The van der Waals surface area contributed by atoms with Crippen LogP contribution in [0.1, 0.15) is 32.6 Å². The Morgan fingerprint density at radius 1 is 1.55 bits per heavy atom. The summed E-state index contributed by atoms with van der Waals surface area (Å²) in [6, 6.07) is 0.406. The molecule has 1 saturated carbocycles. The molecule has 0 aromatic rings. The first kappa shape index (κ1) is 9.01. The van der Waals surface area contributed by atoms with E-state index in [1.54, 1.807) is 0 Å². The molecule has 0 saturated heterocycles. The van der Waals surface area contributed by atoms with Crippen LogP contribution in [-0.4, -0.2) is 19.6 Å². The number of hydrogen-bond donors (Lipinski definition) is 2. The Hall–Kier alpha value is -0.0800. The molecule has 11 heavy (non-hydrogen) atoms. The van der Waals surface area contributed by atoms with Crippen molar-refractivity contribution in [2.75, 3.05) is 13.6 Å². The third kappa shape index (κ3) is 1.57. The van der Waals surface area contributed by atoms with Crippen molar-refractivity contribution in [3.63, 3.8) is 0 Å². The second kappa shape index (κ2) is 3.55. The van der Waals surface area contributed by atoms with E-state index in [0.29, 0.717) is 11.5 Å². The van der Waals surface area contributed by atoms with Crippen molar-refractivity contribution in [3.05, 3.63) is 0 Å². The Balaban J connectivity index is 2.45. The van der Waals surface area contributed by atoms with E-state index in [9.17, 15) is 0 Å². The lowest BCUT2D eigenvalue weighted by molar-refractivity contribution is 0.0928. The van der Waals surface area contributed by atoms with E-state index in [1.165, 1.54) is 19.3 Å². The highest BCUT2D eigenvalue weighted by molar-refractivity contribution is 4.96. The van der Waals surface area contributed by atoms with E-state index < -0.39 is 0 Å². The summed E-state index contributed by atoms with van der Waals surface area (Å²) >= 11 is 0. The smallest absolute Gasteiger partial charge is 0.0105 e. The van der Waals surface area contributed by atoms with Gasteiger partial charge in [0.25, 0.3) is 0 Å². The van der Waals surface area contributed by atoms with Gasteiger partial charge in [0.2, 0.25) is 0 Å². The SMILES string of the molecule is CCC(N)C1(CNC)CCC1. The number of rotatable bonds is 4. The maximum atomic E-state index is 6.06. The number of nitrogens with two attached hydrogens (primary N) is 1. The minimum atomic E-state index is 0.406. The van der Waals surface area contributed by atoms with Gasteiger partial charge in [0.15, 0.2) is 0 Å². The minimum Gasteiger partial charge on any atom is -0.327 e. The molecule has 0 amide bonds. The fourth-order valence-electron chi connectivity index (χ4n) is 2.09. The summed E-state index contributed by atoms with van der Waals surface area (Å²) < 4.78 is 0. The van der Waals surface area contributed by atoms with Crippen molar-refractivity contribution in [3.8, 4) is 0 Å². The second-order valence-corrected chi connectivity index (χ2v) is 3.76. The average Bonchev–Trinajstić information content (AvgIpc) is 1.95. The molecular formula is C9H20N2. The molecule has 0 spiro atoms. The lowest BCUT2D eigenvalue weighted by atomic mass is 9.63. The van der Waals surface area contributed by atoms with Gasteiger partial charge in [0.05, 0.1) is 0 Å². The summed E-state index contributed by atoms with van der Waals surface area (Å²) in [7, 11) is 2.02. The third-order valence-corrected chi connectivity index (χ3v) is 3.10. The zero-order valence-corrected chi connectivity index (χ0v) is 7.69. The molecule has 2 nitrogen and oxygen atoms in total. The first-order valence-corrected chi connectivity index (χ1v) is 4.65. The van der Waals surface area contributed by atoms with Crippen LogP contribution < -0.4 is 11.1 Å². The summed E-state index contributed by atoms with van der Waals surface area (Å²) in [6.45, 7) is 3.28. The van der Waals surface area contributed by atoms with Gasteiger partial charge >= 0.3 is 0 Å². The lowest BCUT2D eigenvalue weighted by Gasteiger charge is -2.46. The van der Waals surface area contributed by atoms with Gasteiger partial charge in [-0.1, -0.05) is 13.3 Å². The van der Waals surface area contributed by atoms with Gasteiger partial charge in [0, 0.05) is 12.6 Å². The highest BCUT2D eigenvalue weighted by Gasteiger charge is 2.40. The first-order chi connectivity index (χ1) is 5.25. The predicted molar refractivity (Wildman–Crippen MR) is 48.5 cm³/mol. The van der Waals surface area contributed by atoms with Crippen LogP contribution >= 0.6 is 0 Å². The fraction of sp³-hybridized carbons (Fsp3) is 1.00. The fourth-order valence-corrected chi connectivity index (χ4v) is 2.09.